The Kier molecular flexibility index (Phi) is 5.11. The molecule has 2 N–H and O–H groups in total. The SMILES string of the molecule is COCCCN=C1NNC(c2ccccc2)=CS1. The summed E-state index contributed by atoms with van der Waals surface area (Å²) >= 11 is 1.60. The van der Waals surface area contributed by atoms with E-state index in [1.54, 1.807) is 18.9 Å². The van der Waals surface area contributed by atoms with Gasteiger partial charge in [0.1, 0.15) is 0 Å². The minimum absolute atomic E-state index is 0.750. The molecular formula is C13H17N3OS. The first-order valence-corrected chi connectivity index (χ1v) is 6.76. The van der Waals surface area contributed by atoms with E-state index in [1.165, 1.54) is 0 Å². The van der Waals surface area contributed by atoms with Crippen LogP contribution in [0.15, 0.2) is 40.7 Å². The lowest BCUT2D eigenvalue weighted by Crippen LogP contribution is -2.37. The Hall–Kier alpha value is -1.46. The summed E-state index contributed by atoms with van der Waals surface area (Å²) in [5.41, 5.74) is 8.48. The van der Waals surface area contributed by atoms with E-state index in [1.807, 2.05) is 18.2 Å². The Balaban J connectivity index is 1.88. The van der Waals surface area contributed by atoms with E-state index in [-0.39, 0.29) is 0 Å². The lowest BCUT2D eigenvalue weighted by molar-refractivity contribution is 0.197. The van der Waals surface area contributed by atoms with Crippen LogP contribution in [-0.2, 0) is 4.74 Å². The van der Waals surface area contributed by atoms with Crippen LogP contribution in [0.1, 0.15) is 12.0 Å². The lowest BCUT2D eigenvalue weighted by Gasteiger charge is -2.18. The summed E-state index contributed by atoms with van der Waals surface area (Å²) in [6, 6.07) is 10.2. The van der Waals surface area contributed by atoms with Crippen molar-refractivity contribution in [3.63, 3.8) is 0 Å². The second kappa shape index (κ2) is 7.08. The van der Waals surface area contributed by atoms with Crippen molar-refractivity contribution < 1.29 is 4.74 Å². The van der Waals surface area contributed by atoms with Crippen LogP contribution < -0.4 is 10.9 Å². The summed E-state index contributed by atoms with van der Waals surface area (Å²) in [5, 5.41) is 2.96. The molecule has 0 amide bonds. The standard InChI is InChI=1S/C13H17N3OS/c1-17-9-5-8-14-13-16-15-12(10-18-13)11-6-3-2-4-7-11/h2-4,6-7,10,15H,5,8-9H2,1H3,(H,14,16). The van der Waals surface area contributed by atoms with Crippen molar-refractivity contribution in [1.29, 1.82) is 0 Å². The number of nitrogens with one attached hydrogen (secondary N) is 2. The molecule has 0 spiro atoms. The smallest absolute Gasteiger partial charge is 0.179 e. The van der Waals surface area contributed by atoms with Gasteiger partial charge in [-0.15, -0.1) is 0 Å². The van der Waals surface area contributed by atoms with Crippen LogP contribution in [0.2, 0.25) is 0 Å². The molecule has 0 radical (unpaired) electrons. The molecule has 0 bridgehead atoms. The molecule has 18 heavy (non-hydrogen) atoms. The third-order valence-corrected chi connectivity index (χ3v) is 3.25. The number of nitrogens with zero attached hydrogens (tertiary/aromatic N) is 1. The zero-order valence-electron chi connectivity index (χ0n) is 10.3. The number of hydrogen-bond donors (Lipinski definition) is 2. The number of rotatable bonds is 5. The molecule has 4 nitrogen and oxygen atoms in total. The second-order valence-electron chi connectivity index (χ2n) is 3.80. The summed E-state index contributed by atoms with van der Waals surface area (Å²) in [7, 11) is 1.71. The maximum absolute atomic E-state index is 4.98. The first-order chi connectivity index (χ1) is 8.90. The average molecular weight is 263 g/mol. The average Bonchev–Trinajstić information content (AvgIpc) is 2.45. The Bertz CT molecular complexity index is 431. The van der Waals surface area contributed by atoms with Crippen molar-refractivity contribution in [2.75, 3.05) is 20.3 Å². The summed E-state index contributed by atoms with van der Waals surface area (Å²) in [6.07, 6.45) is 0.942. The van der Waals surface area contributed by atoms with Gasteiger partial charge in [0.05, 0.1) is 5.70 Å². The minimum atomic E-state index is 0.750. The van der Waals surface area contributed by atoms with Crippen molar-refractivity contribution >= 4 is 22.6 Å². The summed E-state index contributed by atoms with van der Waals surface area (Å²) in [4.78, 5) is 4.43. The molecule has 0 aliphatic carbocycles. The predicted molar refractivity (Wildman–Crippen MR) is 77.1 cm³/mol. The second-order valence-corrected chi connectivity index (χ2v) is 4.66. The Morgan fingerprint density at radius 3 is 2.72 bits per heavy atom. The molecule has 1 heterocycles. The van der Waals surface area contributed by atoms with Gasteiger partial charge in [-0.05, 0) is 12.0 Å². The van der Waals surface area contributed by atoms with E-state index in [0.717, 1.165) is 36.0 Å². The van der Waals surface area contributed by atoms with Gasteiger partial charge in [0.15, 0.2) is 5.17 Å². The maximum Gasteiger partial charge on any atom is 0.179 e. The monoisotopic (exact) mass is 263 g/mol. The van der Waals surface area contributed by atoms with E-state index in [9.17, 15) is 0 Å². The van der Waals surface area contributed by atoms with E-state index in [4.69, 9.17) is 4.74 Å². The Morgan fingerprint density at radius 1 is 1.22 bits per heavy atom. The van der Waals surface area contributed by atoms with Crippen molar-refractivity contribution in [2.45, 2.75) is 6.42 Å². The fourth-order valence-corrected chi connectivity index (χ4v) is 2.22. The van der Waals surface area contributed by atoms with Crippen LogP contribution in [0, 0.1) is 0 Å². The van der Waals surface area contributed by atoms with Gasteiger partial charge in [-0.1, -0.05) is 42.1 Å². The van der Waals surface area contributed by atoms with Crippen molar-refractivity contribution in [1.82, 2.24) is 10.9 Å². The number of thioether (sulfide) groups is 1. The van der Waals surface area contributed by atoms with Gasteiger partial charge < -0.3 is 4.74 Å². The highest BCUT2D eigenvalue weighted by Gasteiger charge is 2.08. The number of ether oxygens (including phenoxy) is 1. The molecule has 1 aromatic rings. The number of amidine groups is 1. The van der Waals surface area contributed by atoms with Gasteiger partial charge in [-0.3, -0.25) is 15.8 Å². The molecule has 0 fully saturated rings. The molecule has 0 atom stereocenters. The maximum atomic E-state index is 4.98. The van der Waals surface area contributed by atoms with Gasteiger partial charge in [-0.2, -0.15) is 0 Å². The molecule has 0 saturated carbocycles. The third kappa shape index (κ3) is 3.78. The summed E-state index contributed by atoms with van der Waals surface area (Å²) in [5.74, 6) is 0. The Labute approximate surface area is 111 Å². The van der Waals surface area contributed by atoms with Gasteiger partial charge in [0, 0.05) is 25.7 Å². The quantitative estimate of drug-likeness (QED) is 0.800. The molecule has 0 aromatic heterocycles. The number of hydrogen-bond acceptors (Lipinski definition) is 4. The molecule has 5 heteroatoms. The van der Waals surface area contributed by atoms with Crippen LogP contribution in [0.25, 0.3) is 5.70 Å². The highest BCUT2D eigenvalue weighted by Crippen LogP contribution is 2.19. The minimum Gasteiger partial charge on any atom is -0.385 e. The number of hydrazine groups is 1. The predicted octanol–water partition coefficient (Wildman–Crippen LogP) is 2.22. The van der Waals surface area contributed by atoms with Gasteiger partial charge in [0.2, 0.25) is 0 Å². The molecular weight excluding hydrogens is 246 g/mol. The zero-order valence-corrected chi connectivity index (χ0v) is 11.2. The fraction of sp³-hybridized carbons (Fsp3) is 0.308. The van der Waals surface area contributed by atoms with Crippen LogP contribution in [-0.4, -0.2) is 25.4 Å². The molecule has 1 aliphatic rings. The lowest BCUT2D eigenvalue weighted by atomic mass is 10.2. The molecule has 0 unspecified atom stereocenters. The number of methoxy groups -OCH3 is 1. The largest absolute Gasteiger partial charge is 0.385 e. The topological polar surface area (TPSA) is 45.6 Å². The van der Waals surface area contributed by atoms with Crippen LogP contribution in [0.4, 0.5) is 0 Å². The van der Waals surface area contributed by atoms with Crippen molar-refractivity contribution in [2.24, 2.45) is 4.99 Å². The molecule has 2 rings (SSSR count). The number of benzene rings is 1. The van der Waals surface area contributed by atoms with Gasteiger partial charge >= 0.3 is 0 Å². The fourth-order valence-electron chi connectivity index (χ4n) is 1.52. The summed E-state index contributed by atoms with van der Waals surface area (Å²) < 4.78 is 4.98. The van der Waals surface area contributed by atoms with Crippen molar-refractivity contribution in [3.05, 3.63) is 41.3 Å². The van der Waals surface area contributed by atoms with Crippen LogP contribution in [0.5, 0.6) is 0 Å². The van der Waals surface area contributed by atoms with E-state index >= 15 is 0 Å². The Morgan fingerprint density at radius 2 is 2.06 bits per heavy atom. The highest BCUT2D eigenvalue weighted by molar-refractivity contribution is 8.16. The van der Waals surface area contributed by atoms with Gasteiger partial charge in [-0.25, -0.2) is 0 Å². The molecule has 1 aromatic carbocycles. The van der Waals surface area contributed by atoms with E-state index < -0.39 is 0 Å². The summed E-state index contributed by atoms with van der Waals surface area (Å²) in [6.45, 7) is 1.53. The zero-order chi connectivity index (χ0) is 12.6. The van der Waals surface area contributed by atoms with E-state index in [0.29, 0.717) is 0 Å². The molecule has 96 valence electrons. The third-order valence-electron chi connectivity index (χ3n) is 2.44. The number of aliphatic imine (C=N–C) groups is 1. The first kappa shape index (κ1) is 13.0. The first-order valence-electron chi connectivity index (χ1n) is 5.88. The molecule has 1 aliphatic heterocycles. The van der Waals surface area contributed by atoms with Gasteiger partial charge in [0.25, 0.3) is 0 Å². The van der Waals surface area contributed by atoms with Crippen molar-refractivity contribution in [3.8, 4) is 0 Å². The highest BCUT2D eigenvalue weighted by atomic mass is 32.2. The van der Waals surface area contributed by atoms with Crippen LogP contribution in [0.3, 0.4) is 0 Å². The van der Waals surface area contributed by atoms with Crippen LogP contribution >= 0.6 is 11.8 Å². The molecule has 0 saturated heterocycles. The van der Waals surface area contributed by atoms with E-state index in [2.05, 4.69) is 33.4 Å². The normalized spacial score (nSPS) is 16.9.